The Morgan fingerprint density at radius 3 is 2.92 bits per heavy atom. The van der Waals surface area contributed by atoms with E-state index in [9.17, 15) is 4.79 Å². The summed E-state index contributed by atoms with van der Waals surface area (Å²) in [5.41, 5.74) is 1.01. The SMILES string of the molecule is C=CCCn1c(C)c(Br)ccc1=O. The Bertz CT molecular complexity index is 368. The van der Waals surface area contributed by atoms with Gasteiger partial charge in [0.1, 0.15) is 0 Å². The van der Waals surface area contributed by atoms with E-state index in [1.165, 1.54) is 0 Å². The maximum Gasteiger partial charge on any atom is 0.250 e. The first-order chi connectivity index (χ1) is 6.16. The summed E-state index contributed by atoms with van der Waals surface area (Å²) >= 11 is 3.39. The summed E-state index contributed by atoms with van der Waals surface area (Å²) in [6, 6.07) is 3.35. The summed E-state index contributed by atoms with van der Waals surface area (Å²) < 4.78 is 2.71. The highest BCUT2D eigenvalue weighted by Gasteiger charge is 2.01. The van der Waals surface area contributed by atoms with E-state index in [0.29, 0.717) is 6.54 Å². The van der Waals surface area contributed by atoms with Gasteiger partial charge in [0.05, 0.1) is 0 Å². The Labute approximate surface area is 86.0 Å². The molecule has 0 aliphatic carbocycles. The van der Waals surface area contributed by atoms with E-state index in [-0.39, 0.29) is 5.56 Å². The molecule has 0 amide bonds. The van der Waals surface area contributed by atoms with Crippen molar-refractivity contribution in [1.29, 1.82) is 0 Å². The molecule has 0 N–H and O–H groups in total. The molecule has 1 rings (SSSR count). The summed E-state index contributed by atoms with van der Waals surface area (Å²) in [5, 5.41) is 0. The Morgan fingerprint density at radius 1 is 1.62 bits per heavy atom. The van der Waals surface area contributed by atoms with Crippen LogP contribution in [0, 0.1) is 6.92 Å². The van der Waals surface area contributed by atoms with Crippen molar-refractivity contribution in [2.24, 2.45) is 0 Å². The molecule has 1 heterocycles. The molecule has 0 bridgehead atoms. The lowest BCUT2D eigenvalue weighted by Crippen LogP contribution is -2.21. The van der Waals surface area contributed by atoms with Crippen molar-refractivity contribution in [2.75, 3.05) is 0 Å². The van der Waals surface area contributed by atoms with Gasteiger partial charge in [0.25, 0.3) is 5.56 Å². The summed E-state index contributed by atoms with van der Waals surface area (Å²) in [4.78, 5) is 11.4. The van der Waals surface area contributed by atoms with Gasteiger partial charge in [0, 0.05) is 22.8 Å². The van der Waals surface area contributed by atoms with Crippen molar-refractivity contribution in [3.63, 3.8) is 0 Å². The van der Waals surface area contributed by atoms with Crippen LogP contribution in [-0.2, 0) is 6.54 Å². The second kappa shape index (κ2) is 4.42. The first-order valence-electron chi connectivity index (χ1n) is 4.13. The molecule has 0 aliphatic rings. The van der Waals surface area contributed by atoms with Gasteiger partial charge in [-0.3, -0.25) is 4.79 Å². The van der Waals surface area contributed by atoms with Crippen LogP contribution in [0.5, 0.6) is 0 Å². The third kappa shape index (κ3) is 2.31. The number of halogens is 1. The average Bonchev–Trinajstić information content (AvgIpc) is 2.12. The summed E-state index contributed by atoms with van der Waals surface area (Å²) in [5.74, 6) is 0. The number of hydrogen-bond donors (Lipinski definition) is 0. The maximum absolute atomic E-state index is 11.4. The largest absolute Gasteiger partial charge is 0.312 e. The topological polar surface area (TPSA) is 22.0 Å². The van der Waals surface area contributed by atoms with E-state index >= 15 is 0 Å². The quantitative estimate of drug-likeness (QED) is 0.746. The smallest absolute Gasteiger partial charge is 0.250 e. The van der Waals surface area contributed by atoms with E-state index in [1.54, 1.807) is 16.7 Å². The van der Waals surface area contributed by atoms with Crippen molar-refractivity contribution in [2.45, 2.75) is 19.9 Å². The molecule has 0 spiro atoms. The molecular weight excluding hydrogens is 230 g/mol. The molecule has 2 nitrogen and oxygen atoms in total. The number of hydrogen-bond acceptors (Lipinski definition) is 1. The monoisotopic (exact) mass is 241 g/mol. The van der Waals surface area contributed by atoms with Gasteiger partial charge in [-0.2, -0.15) is 0 Å². The lowest BCUT2D eigenvalue weighted by molar-refractivity contribution is 0.657. The number of rotatable bonds is 3. The van der Waals surface area contributed by atoms with Gasteiger partial charge >= 0.3 is 0 Å². The second-order valence-corrected chi connectivity index (χ2v) is 3.69. The second-order valence-electron chi connectivity index (χ2n) is 2.83. The van der Waals surface area contributed by atoms with E-state index in [1.807, 2.05) is 13.0 Å². The first kappa shape index (κ1) is 10.3. The van der Waals surface area contributed by atoms with Crippen molar-refractivity contribution >= 4 is 15.9 Å². The Balaban J connectivity index is 3.10. The lowest BCUT2D eigenvalue weighted by atomic mass is 10.3. The molecule has 0 atom stereocenters. The highest BCUT2D eigenvalue weighted by atomic mass is 79.9. The van der Waals surface area contributed by atoms with Gasteiger partial charge in [0.2, 0.25) is 0 Å². The van der Waals surface area contributed by atoms with E-state index in [2.05, 4.69) is 22.5 Å². The van der Waals surface area contributed by atoms with Crippen LogP contribution in [0.1, 0.15) is 12.1 Å². The van der Waals surface area contributed by atoms with Crippen LogP contribution in [0.4, 0.5) is 0 Å². The van der Waals surface area contributed by atoms with Crippen LogP contribution < -0.4 is 5.56 Å². The van der Waals surface area contributed by atoms with Crippen molar-refractivity contribution in [1.82, 2.24) is 4.57 Å². The Kier molecular flexibility index (Phi) is 3.48. The van der Waals surface area contributed by atoms with Gasteiger partial charge < -0.3 is 4.57 Å². The number of pyridine rings is 1. The molecule has 1 aromatic rings. The molecule has 70 valence electrons. The minimum absolute atomic E-state index is 0.0440. The first-order valence-corrected chi connectivity index (χ1v) is 4.93. The predicted octanol–water partition coefficient (Wildman–Crippen LogP) is 2.50. The molecule has 0 unspecified atom stereocenters. The highest BCUT2D eigenvalue weighted by Crippen LogP contribution is 2.12. The van der Waals surface area contributed by atoms with Gasteiger partial charge in [-0.1, -0.05) is 6.08 Å². The fourth-order valence-electron chi connectivity index (χ4n) is 1.15. The molecular formula is C10H12BrNO. The molecule has 13 heavy (non-hydrogen) atoms. The summed E-state index contributed by atoms with van der Waals surface area (Å²) in [7, 11) is 0. The molecule has 0 fully saturated rings. The van der Waals surface area contributed by atoms with E-state index < -0.39 is 0 Å². The van der Waals surface area contributed by atoms with Crippen molar-refractivity contribution in [3.8, 4) is 0 Å². The highest BCUT2D eigenvalue weighted by molar-refractivity contribution is 9.10. The fourth-order valence-corrected chi connectivity index (χ4v) is 1.49. The normalized spacial score (nSPS) is 10.0. The third-order valence-electron chi connectivity index (χ3n) is 1.95. The Hall–Kier alpha value is -0.830. The predicted molar refractivity (Wildman–Crippen MR) is 58.0 cm³/mol. The van der Waals surface area contributed by atoms with Gasteiger partial charge in [-0.15, -0.1) is 6.58 Å². The molecule has 3 heteroatoms. The van der Waals surface area contributed by atoms with Gasteiger partial charge in [-0.05, 0) is 35.3 Å². The van der Waals surface area contributed by atoms with Crippen LogP contribution >= 0.6 is 15.9 Å². The zero-order valence-electron chi connectivity index (χ0n) is 7.59. The van der Waals surface area contributed by atoms with Crippen LogP contribution in [0.2, 0.25) is 0 Å². The van der Waals surface area contributed by atoms with Gasteiger partial charge in [-0.25, -0.2) is 0 Å². The zero-order chi connectivity index (χ0) is 9.84. The van der Waals surface area contributed by atoms with Crippen LogP contribution in [0.15, 0.2) is 34.1 Å². The van der Waals surface area contributed by atoms with Crippen molar-refractivity contribution in [3.05, 3.63) is 45.3 Å². The zero-order valence-corrected chi connectivity index (χ0v) is 9.17. The van der Waals surface area contributed by atoms with E-state index in [0.717, 1.165) is 16.6 Å². The minimum Gasteiger partial charge on any atom is -0.312 e. The molecule has 0 saturated heterocycles. The molecule has 0 aromatic carbocycles. The number of aromatic nitrogens is 1. The number of allylic oxidation sites excluding steroid dienone is 1. The summed E-state index contributed by atoms with van der Waals surface area (Å²) in [6.07, 6.45) is 2.63. The Morgan fingerprint density at radius 2 is 2.31 bits per heavy atom. The third-order valence-corrected chi connectivity index (χ3v) is 2.78. The van der Waals surface area contributed by atoms with Crippen LogP contribution in [-0.4, -0.2) is 4.57 Å². The summed E-state index contributed by atoms with van der Waals surface area (Å²) in [6.45, 7) is 6.26. The molecule has 0 saturated carbocycles. The van der Waals surface area contributed by atoms with E-state index in [4.69, 9.17) is 0 Å². The molecule has 0 aliphatic heterocycles. The standard InChI is InChI=1S/C10H12BrNO/c1-3-4-7-12-8(2)9(11)5-6-10(12)13/h3,5-6H,1,4,7H2,2H3. The van der Waals surface area contributed by atoms with Crippen LogP contribution in [0.3, 0.4) is 0 Å². The maximum atomic E-state index is 11.4. The van der Waals surface area contributed by atoms with Gasteiger partial charge in [0.15, 0.2) is 0 Å². The van der Waals surface area contributed by atoms with Crippen LogP contribution in [0.25, 0.3) is 0 Å². The fraction of sp³-hybridized carbons (Fsp3) is 0.300. The lowest BCUT2D eigenvalue weighted by Gasteiger charge is -2.09. The minimum atomic E-state index is 0.0440. The number of nitrogens with zero attached hydrogens (tertiary/aromatic N) is 1. The van der Waals surface area contributed by atoms with Crippen molar-refractivity contribution < 1.29 is 0 Å². The molecule has 0 radical (unpaired) electrons. The molecule has 1 aromatic heterocycles. The average molecular weight is 242 g/mol.